The van der Waals surface area contributed by atoms with Crippen molar-refractivity contribution in [2.45, 2.75) is 12.5 Å². The Hall–Kier alpha value is -3.73. The Morgan fingerprint density at radius 3 is 2.53 bits per heavy atom. The van der Waals surface area contributed by atoms with Gasteiger partial charge in [-0.15, -0.1) is 0 Å². The third-order valence-electron chi connectivity index (χ3n) is 6.01. The number of benzene rings is 3. The van der Waals surface area contributed by atoms with Crippen LogP contribution in [0.5, 0.6) is 0 Å². The predicted molar refractivity (Wildman–Crippen MR) is 138 cm³/mol. The minimum atomic E-state index is -0.439. The molecular weight excluding hydrogens is 442 g/mol. The Morgan fingerprint density at radius 1 is 0.941 bits per heavy atom. The third kappa shape index (κ3) is 4.79. The zero-order valence-electron chi connectivity index (χ0n) is 18.5. The molecule has 5 heteroatoms. The number of hydrogen-bond donors (Lipinski definition) is 2. The summed E-state index contributed by atoms with van der Waals surface area (Å²) in [4.78, 5) is 21.3. The topological polar surface area (TPSA) is 57.8 Å². The van der Waals surface area contributed by atoms with Crippen molar-refractivity contribution >= 4 is 28.3 Å². The highest BCUT2D eigenvalue weighted by atomic mass is 35.5. The summed E-state index contributed by atoms with van der Waals surface area (Å²) in [5.41, 5.74) is 5.83. The van der Waals surface area contributed by atoms with Crippen LogP contribution in [0.3, 0.4) is 0 Å². The number of rotatable bonds is 8. The summed E-state index contributed by atoms with van der Waals surface area (Å²) in [6.07, 6.45) is 6.22. The molecule has 0 amide bonds. The van der Waals surface area contributed by atoms with Gasteiger partial charge in [0, 0.05) is 52.2 Å². The van der Waals surface area contributed by atoms with E-state index in [0.29, 0.717) is 12.1 Å². The van der Waals surface area contributed by atoms with Gasteiger partial charge in [-0.25, -0.2) is 0 Å². The second kappa shape index (κ2) is 10.0. The first kappa shape index (κ1) is 22.1. The Kier molecular flexibility index (Phi) is 6.52. The van der Waals surface area contributed by atoms with Crippen molar-refractivity contribution in [1.29, 1.82) is 0 Å². The minimum absolute atomic E-state index is 0.0442. The number of aromatic nitrogens is 2. The number of hydrogen-bond acceptors (Lipinski definition) is 3. The average Bonchev–Trinajstić information content (AvgIpc) is 3.32. The standard InChI is InChI=1S/C29H24ClN3O/c30-24-11-8-20(9-12-24)14-16-32-28(21-5-2-1-3-6-21)29(34)26-19-33-27-17-22(10-13-25(26)27)23-7-4-15-31-18-23/h1-13,15,17-19,28,32-33H,14,16H2/t28-/m1/s1. The molecule has 2 heterocycles. The van der Waals surface area contributed by atoms with Gasteiger partial charge in [-0.3, -0.25) is 9.78 Å². The number of nitrogens with zero attached hydrogens (tertiary/aromatic N) is 1. The Bertz CT molecular complexity index is 1400. The molecule has 0 spiro atoms. The van der Waals surface area contributed by atoms with Crippen LogP contribution in [0.4, 0.5) is 0 Å². The van der Waals surface area contributed by atoms with Crippen molar-refractivity contribution in [3.05, 3.63) is 125 Å². The molecule has 1 atom stereocenters. The Balaban J connectivity index is 1.40. The van der Waals surface area contributed by atoms with E-state index in [9.17, 15) is 4.79 Å². The van der Waals surface area contributed by atoms with E-state index in [-0.39, 0.29) is 5.78 Å². The van der Waals surface area contributed by atoms with Crippen LogP contribution in [0, 0.1) is 0 Å². The molecule has 2 aromatic heterocycles. The fraction of sp³-hybridized carbons (Fsp3) is 0.103. The molecule has 34 heavy (non-hydrogen) atoms. The van der Waals surface area contributed by atoms with E-state index < -0.39 is 6.04 Å². The number of carbonyl (C=O) groups excluding carboxylic acids is 1. The Morgan fingerprint density at radius 2 is 1.76 bits per heavy atom. The van der Waals surface area contributed by atoms with Crippen LogP contribution in [0.2, 0.25) is 5.02 Å². The number of ketones is 1. The average molecular weight is 466 g/mol. The number of H-pyrrole nitrogens is 1. The summed E-state index contributed by atoms with van der Waals surface area (Å²) in [6.45, 7) is 0.667. The second-order valence-corrected chi connectivity index (χ2v) is 8.68. The van der Waals surface area contributed by atoms with E-state index in [2.05, 4.69) is 21.4 Å². The number of aromatic amines is 1. The quantitative estimate of drug-likeness (QED) is 0.252. The summed E-state index contributed by atoms with van der Waals surface area (Å²) in [6, 6.07) is 27.3. The summed E-state index contributed by atoms with van der Waals surface area (Å²) in [5.74, 6) is 0.0442. The third-order valence-corrected chi connectivity index (χ3v) is 6.26. The van der Waals surface area contributed by atoms with Crippen LogP contribution in [0.25, 0.3) is 22.0 Å². The first-order chi connectivity index (χ1) is 16.7. The SMILES string of the molecule is O=C(c1c[nH]c2cc(-c3cccnc3)ccc12)[C@H](NCCc1ccc(Cl)cc1)c1ccccc1. The molecule has 0 aliphatic heterocycles. The first-order valence-electron chi connectivity index (χ1n) is 11.3. The van der Waals surface area contributed by atoms with Gasteiger partial charge in [0.25, 0.3) is 0 Å². The maximum absolute atomic E-state index is 13.8. The van der Waals surface area contributed by atoms with Crippen molar-refractivity contribution in [2.75, 3.05) is 6.54 Å². The molecule has 0 unspecified atom stereocenters. The second-order valence-electron chi connectivity index (χ2n) is 8.24. The lowest BCUT2D eigenvalue weighted by Crippen LogP contribution is -2.30. The van der Waals surface area contributed by atoms with Gasteiger partial charge in [-0.05, 0) is 47.4 Å². The lowest BCUT2D eigenvalue weighted by Gasteiger charge is -2.18. The first-order valence-corrected chi connectivity index (χ1v) is 11.7. The number of pyridine rings is 1. The smallest absolute Gasteiger partial charge is 0.186 e. The summed E-state index contributed by atoms with van der Waals surface area (Å²) >= 11 is 6.00. The van der Waals surface area contributed by atoms with Gasteiger partial charge >= 0.3 is 0 Å². The van der Waals surface area contributed by atoms with E-state index >= 15 is 0 Å². The van der Waals surface area contributed by atoms with E-state index in [4.69, 9.17) is 11.6 Å². The highest BCUT2D eigenvalue weighted by Crippen LogP contribution is 2.28. The lowest BCUT2D eigenvalue weighted by atomic mass is 9.96. The largest absolute Gasteiger partial charge is 0.360 e. The van der Waals surface area contributed by atoms with Crippen molar-refractivity contribution in [1.82, 2.24) is 15.3 Å². The highest BCUT2D eigenvalue weighted by Gasteiger charge is 2.24. The maximum atomic E-state index is 13.8. The Labute approximate surface area is 203 Å². The number of fused-ring (bicyclic) bond motifs is 1. The van der Waals surface area contributed by atoms with Crippen molar-refractivity contribution in [3.8, 4) is 11.1 Å². The molecule has 0 radical (unpaired) electrons. The zero-order valence-corrected chi connectivity index (χ0v) is 19.3. The summed E-state index contributed by atoms with van der Waals surface area (Å²) in [5, 5.41) is 5.12. The van der Waals surface area contributed by atoms with Crippen molar-refractivity contribution in [3.63, 3.8) is 0 Å². The van der Waals surface area contributed by atoms with E-state index in [1.165, 1.54) is 5.56 Å². The molecule has 0 fully saturated rings. The molecule has 168 valence electrons. The van der Waals surface area contributed by atoms with Gasteiger partial charge in [0.2, 0.25) is 0 Å². The zero-order chi connectivity index (χ0) is 23.3. The van der Waals surface area contributed by atoms with E-state index in [1.54, 1.807) is 6.20 Å². The molecule has 3 aromatic carbocycles. The molecular formula is C29H24ClN3O. The fourth-order valence-corrected chi connectivity index (χ4v) is 4.34. The van der Waals surface area contributed by atoms with Crippen molar-refractivity contribution < 1.29 is 4.79 Å². The van der Waals surface area contributed by atoms with E-state index in [1.807, 2.05) is 91.3 Å². The molecule has 0 aliphatic rings. The van der Waals surface area contributed by atoms with Crippen LogP contribution in [-0.2, 0) is 6.42 Å². The van der Waals surface area contributed by atoms with Gasteiger partial charge in [0.05, 0.1) is 6.04 Å². The molecule has 5 rings (SSSR count). The van der Waals surface area contributed by atoms with Gasteiger partial charge < -0.3 is 10.3 Å². The normalized spacial score (nSPS) is 12.0. The maximum Gasteiger partial charge on any atom is 0.186 e. The summed E-state index contributed by atoms with van der Waals surface area (Å²) < 4.78 is 0. The molecule has 4 nitrogen and oxygen atoms in total. The van der Waals surface area contributed by atoms with E-state index in [0.717, 1.165) is 39.0 Å². The fourth-order valence-electron chi connectivity index (χ4n) is 4.22. The monoisotopic (exact) mass is 465 g/mol. The highest BCUT2D eigenvalue weighted by molar-refractivity contribution is 6.30. The van der Waals surface area contributed by atoms with Crippen LogP contribution in [0.15, 0.2) is 104 Å². The lowest BCUT2D eigenvalue weighted by molar-refractivity contribution is 0.0945. The van der Waals surface area contributed by atoms with Gasteiger partial charge in [0.1, 0.15) is 0 Å². The molecule has 0 aliphatic carbocycles. The minimum Gasteiger partial charge on any atom is -0.360 e. The summed E-state index contributed by atoms with van der Waals surface area (Å²) in [7, 11) is 0. The van der Waals surface area contributed by atoms with Crippen LogP contribution in [-0.4, -0.2) is 22.3 Å². The molecule has 5 aromatic rings. The molecule has 0 saturated carbocycles. The van der Waals surface area contributed by atoms with Gasteiger partial charge in [0.15, 0.2) is 5.78 Å². The number of halogens is 1. The van der Waals surface area contributed by atoms with Gasteiger partial charge in [-0.1, -0.05) is 72.3 Å². The predicted octanol–water partition coefficient (Wildman–Crippen LogP) is 6.64. The van der Waals surface area contributed by atoms with Gasteiger partial charge in [-0.2, -0.15) is 0 Å². The number of Topliss-reactive ketones (excluding diaryl/α,β-unsaturated/α-hetero) is 1. The van der Waals surface area contributed by atoms with Crippen LogP contribution in [0.1, 0.15) is 27.5 Å². The molecule has 0 bridgehead atoms. The van der Waals surface area contributed by atoms with Crippen molar-refractivity contribution in [2.24, 2.45) is 0 Å². The molecule has 0 saturated heterocycles. The van der Waals surface area contributed by atoms with Crippen LogP contribution >= 0.6 is 11.6 Å². The molecule has 2 N–H and O–H groups in total. The number of carbonyl (C=O) groups is 1. The number of nitrogens with one attached hydrogen (secondary N) is 2. The van der Waals surface area contributed by atoms with Crippen LogP contribution < -0.4 is 5.32 Å².